The van der Waals surface area contributed by atoms with Gasteiger partial charge in [-0.3, -0.25) is 0 Å². The first-order valence-corrected chi connectivity index (χ1v) is 9.55. The Hall–Kier alpha value is -3.60. The van der Waals surface area contributed by atoms with Gasteiger partial charge < -0.3 is 13.9 Å². The van der Waals surface area contributed by atoms with Gasteiger partial charge in [-0.25, -0.2) is 9.59 Å². The van der Waals surface area contributed by atoms with Crippen LogP contribution < -0.4 is 15.1 Å². The van der Waals surface area contributed by atoms with Crippen LogP contribution in [0.5, 0.6) is 11.5 Å². The van der Waals surface area contributed by atoms with E-state index in [-0.39, 0.29) is 0 Å². The fourth-order valence-corrected chi connectivity index (χ4v) is 3.05. The van der Waals surface area contributed by atoms with Gasteiger partial charge in [0.1, 0.15) is 17.1 Å². The average Bonchev–Trinajstić information content (AvgIpc) is 2.73. The number of fused-ring (bicyclic) bond motifs is 2. The lowest BCUT2D eigenvalue weighted by Crippen LogP contribution is -2.08. The van der Waals surface area contributed by atoms with Crippen molar-refractivity contribution in [3.63, 3.8) is 0 Å². The minimum absolute atomic E-state index is 0.385. The van der Waals surface area contributed by atoms with E-state index in [1.165, 1.54) is 6.07 Å². The van der Waals surface area contributed by atoms with Crippen LogP contribution in [0.15, 0.2) is 75.9 Å². The Bertz CT molecular complexity index is 1240. The van der Waals surface area contributed by atoms with Gasteiger partial charge in [0, 0.05) is 11.5 Å². The van der Waals surface area contributed by atoms with Crippen LogP contribution in [0, 0.1) is 0 Å². The third-order valence-corrected chi connectivity index (χ3v) is 4.62. The van der Waals surface area contributed by atoms with Gasteiger partial charge in [-0.2, -0.15) is 0 Å². The standard InChI is InChI=1S/C24H20O5/c1-2-3-12-27-20-8-6-16-13-19(5-4-17(16)14-20)24(26)28-21-9-10-22-18(15-21)7-11-23(25)29-22/h4-11,13-15H,2-3,12H2,1H3. The molecule has 0 spiro atoms. The molecule has 146 valence electrons. The fraction of sp³-hybridized carbons (Fsp3) is 0.167. The number of unbranched alkanes of at least 4 members (excludes halogenated alkanes) is 1. The van der Waals surface area contributed by atoms with Crippen LogP contribution in [0.3, 0.4) is 0 Å². The highest BCUT2D eigenvalue weighted by Gasteiger charge is 2.11. The van der Waals surface area contributed by atoms with E-state index in [9.17, 15) is 9.59 Å². The summed E-state index contributed by atoms with van der Waals surface area (Å²) in [6.07, 6.45) is 2.11. The number of hydrogen-bond donors (Lipinski definition) is 0. The van der Waals surface area contributed by atoms with Crippen molar-refractivity contribution in [1.29, 1.82) is 0 Å². The highest BCUT2D eigenvalue weighted by Crippen LogP contribution is 2.24. The predicted octanol–water partition coefficient (Wildman–Crippen LogP) is 5.34. The third kappa shape index (κ3) is 4.29. The number of carbonyl (C=O) groups is 1. The van der Waals surface area contributed by atoms with Crippen molar-refractivity contribution in [2.75, 3.05) is 6.61 Å². The van der Waals surface area contributed by atoms with Gasteiger partial charge in [0.25, 0.3) is 0 Å². The summed E-state index contributed by atoms with van der Waals surface area (Å²) in [5, 5.41) is 2.61. The Kier molecular flexibility index (Phi) is 5.29. The average molecular weight is 388 g/mol. The zero-order valence-corrected chi connectivity index (χ0v) is 16.0. The maximum absolute atomic E-state index is 12.6. The number of esters is 1. The second-order valence-electron chi connectivity index (χ2n) is 6.77. The van der Waals surface area contributed by atoms with Crippen molar-refractivity contribution >= 4 is 27.7 Å². The second-order valence-corrected chi connectivity index (χ2v) is 6.77. The molecule has 0 saturated heterocycles. The Morgan fingerprint density at radius 1 is 0.862 bits per heavy atom. The summed E-state index contributed by atoms with van der Waals surface area (Å²) in [6, 6.07) is 19.1. The summed E-state index contributed by atoms with van der Waals surface area (Å²) in [6.45, 7) is 2.82. The van der Waals surface area contributed by atoms with Crippen LogP contribution in [0.2, 0.25) is 0 Å². The van der Waals surface area contributed by atoms with Crippen molar-refractivity contribution in [3.05, 3.63) is 82.7 Å². The van der Waals surface area contributed by atoms with Crippen molar-refractivity contribution < 1.29 is 18.7 Å². The van der Waals surface area contributed by atoms with Crippen LogP contribution in [-0.4, -0.2) is 12.6 Å². The molecule has 1 heterocycles. The van der Waals surface area contributed by atoms with Crippen molar-refractivity contribution in [2.24, 2.45) is 0 Å². The first kappa shape index (κ1) is 18.7. The normalized spacial score (nSPS) is 10.9. The molecule has 0 aliphatic carbocycles. The van der Waals surface area contributed by atoms with Crippen LogP contribution in [0.1, 0.15) is 30.1 Å². The van der Waals surface area contributed by atoms with E-state index in [0.717, 1.165) is 29.4 Å². The molecule has 0 bridgehead atoms. The number of benzene rings is 3. The Labute approximate surface area is 167 Å². The largest absolute Gasteiger partial charge is 0.494 e. The van der Waals surface area contributed by atoms with Gasteiger partial charge in [-0.15, -0.1) is 0 Å². The molecule has 0 aliphatic rings. The number of ether oxygens (including phenoxy) is 2. The summed E-state index contributed by atoms with van der Waals surface area (Å²) >= 11 is 0. The summed E-state index contributed by atoms with van der Waals surface area (Å²) < 4.78 is 16.3. The first-order valence-electron chi connectivity index (χ1n) is 9.55. The van der Waals surface area contributed by atoms with Crippen molar-refractivity contribution in [1.82, 2.24) is 0 Å². The van der Waals surface area contributed by atoms with E-state index in [1.54, 1.807) is 36.4 Å². The molecular formula is C24H20O5. The van der Waals surface area contributed by atoms with E-state index in [1.807, 2.05) is 24.3 Å². The zero-order valence-electron chi connectivity index (χ0n) is 16.0. The molecule has 0 aliphatic heterocycles. The van der Waals surface area contributed by atoms with Crippen LogP contribution in [-0.2, 0) is 0 Å². The van der Waals surface area contributed by atoms with Gasteiger partial charge >= 0.3 is 11.6 Å². The number of hydrogen-bond acceptors (Lipinski definition) is 5. The lowest BCUT2D eigenvalue weighted by molar-refractivity contribution is 0.0735. The smallest absolute Gasteiger partial charge is 0.343 e. The van der Waals surface area contributed by atoms with Gasteiger partial charge in [-0.05, 0) is 65.7 Å². The van der Waals surface area contributed by atoms with Crippen molar-refractivity contribution in [3.8, 4) is 11.5 Å². The van der Waals surface area contributed by atoms with E-state index in [4.69, 9.17) is 13.9 Å². The summed E-state index contributed by atoms with van der Waals surface area (Å²) in [5.74, 6) is 0.757. The number of carbonyl (C=O) groups excluding carboxylic acids is 1. The SMILES string of the molecule is CCCCOc1ccc2cc(C(=O)Oc3ccc4oc(=O)ccc4c3)ccc2c1. The minimum atomic E-state index is -0.452. The Morgan fingerprint density at radius 2 is 1.59 bits per heavy atom. The highest BCUT2D eigenvalue weighted by molar-refractivity contribution is 5.97. The Morgan fingerprint density at radius 3 is 2.45 bits per heavy atom. The molecule has 4 aromatic rings. The molecule has 3 aromatic carbocycles. The molecule has 29 heavy (non-hydrogen) atoms. The maximum atomic E-state index is 12.6. The van der Waals surface area contributed by atoms with Crippen molar-refractivity contribution in [2.45, 2.75) is 19.8 Å². The van der Waals surface area contributed by atoms with Gasteiger partial charge in [0.05, 0.1) is 12.2 Å². The molecule has 0 amide bonds. The summed E-state index contributed by atoms with van der Waals surface area (Å²) in [4.78, 5) is 23.8. The molecule has 5 heteroatoms. The molecule has 0 atom stereocenters. The Balaban J connectivity index is 1.52. The monoisotopic (exact) mass is 388 g/mol. The molecule has 5 nitrogen and oxygen atoms in total. The van der Waals surface area contributed by atoms with E-state index in [0.29, 0.717) is 28.9 Å². The topological polar surface area (TPSA) is 65.7 Å². The van der Waals surface area contributed by atoms with Gasteiger partial charge in [-0.1, -0.05) is 25.5 Å². The lowest BCUT2D eigenvalue weighted by atomic mass is 10.1. The van der Waals surface area contributed by atoms with Crippen LogP contribution >= 0.6 is 0 Å². The maximum Gasteiger partial charge on any atom is 0.343 e. The van der Waals surface area contributed by atoms with Gasteiger partial charge in [0.15, 0.2) is 0 Å². The molecule has 0 radical (unpaired) electrons. The third-order valence-electron chi connectivity index (χ3n) is 4.62. The molecule has 0 fully saturated rings. The van der Waals surface area contributed by atoms with E-state index in [2.05, 4.69) is 6.92 Å². The zero-order chi connectivity index (χ0) is 20.2. The van der Waals surface area contributed by atoms with E-state index >= 15 is 0 Å². The van der Waals surface area contributed by atoms with Crippen LogP contribution in [0.25, 0.3) is 21.7 Å². The molecule has 1 aromatic heterocycles. The lowest BCUT2D eigenvalue weighted by Gasteiger charge is -2.08. The molecule has 0 N–H and O–H groups in total. The first-order chi connectivity index (χ1) is 14.1. The second kappa shape index (κ2) is 8.19. The molecule has 0 unspecified atom stereocenters. The van der Waals surface area contributed by atoms with E-state index < -0.39 is 11.6 Å². The van der Waals surface area contributed by atoms with Gasteiger partial charge in [0.2, 0.25) is 0 Å². The number of rotatable bonds is 6. The fourth-order valence-electron chi connectivity index (χ4n) is 3.05. The molecule has 4 rings (SSSR count). The quantitative estimate of drug-likeness (QED) is 0.193. The van der Waals surface area contributed by atoms with Crippen LogP contribution in [0.4, 0.5) is 0 Å². The highest BCUT2D eigenvalue weighted by atomic mass is 16.5. The minimum Gasteiger partial charge on any atom is -0.494 e. The summed E-state index contributed by atoms with van der Waals surface area (Å²) in [5.41, 5.74) is 0.481. The predicted molar refractivity (Wildman–Crippen MR) is 112 cm³/mol. The molecule has 0 saturated carbocycles. The molecular weight excluding hydrogens is 368 g/mol. The summed E-state index contributed by atoms with van der Waals surface area (Å²) in [7, 11) is 0.